The average Bonchev–Trinajstić information content (AvgIpc) is 3.01. The Morgan fingerprint density at radius 2 is 2.19 bits per heavy atom. The first-order chi connectivity index (χ1) is 7.58. The molecule has 2 fully saturated rings. The van der Waals surface area contributed by atoms with E-state index in [9.17, 15) is 13.2 Å². The highest BCUT2D eigenvalue weighted by Gasteiger charge is 2.37. The van der Waals surface area contributed by atoms with Gasteiger partial charge in [0.25, 0.3) is 0 Å². The number of rotatable bonds is 4. The zero-order chi connectivity index (χ0) is 11.6. The van der Waals surface area contributed by atoms with Gasteiger partial charge in [-0.1, -0.05) is 0 Å². The van der Waals surface area contributed by atoms with Crippen molar-refractivity contribution in [3.05, 3.63) is 0 Å². The summed E-state index contributed by atoms with van der Waals surface area (Å²) in [5.74, 6) is -0.472. The van der Waals surface area contributed by atoms with E-state index in [0.717, 1.165) is 6.54 Å². The van der Waals surface area contributed by atoms with E-state index >= 15 is 0 Å². The van der Waals surface area contributed by atoms with Gasteiger partial charge < -0.3 is 10.1 Å². The second-order valence-electron chi connectivity index (χ2n) is 4.17. The molecule has 0 bridgehead atoms. The first-order valence-corrected chi connectivity index (χ1v) is 6.99. The van der Waals surface area contributed by atoms with E-state index in [1.165, 1.54) is 0 Å². The van der Waals surface area contributed by atoms with Gasteiger partial charge in [-0.05, 0) is 12.8 Å². The molecule has 0 aromatic heterocycles. The smallest absolute Gasteiger partial charge is 0.237 e. The molecule has 1 amide bonds. The van der Waals surface area contributed by atoms with Crippen LogP contribution in [0, 0.1) is 0 Å². The molecule has 1 atom stereocenters. The summed E-state index contributed by atoms with van der Waals surface area (Å²) < 4.78 is 30.3. The predicted molar refractivity (Wildman–Crippen MR) is 57.3 cm³/mol. The van der Waals surface area contributed by atoms with Crippen molar-refractivity contribution in [1.29, 1.82) is 0 Å². The van der Waals surface area contributed by atoms with Gasteiger partial charge in [0.2, 0.25) is 15.9 Å². The van der Waals surface area contributed by atoms with E-state index in [0.29, 0.717) is 26.0 Å². The number of carbonyl (C=O) groups is 1. The summed E-state index contributed by atoms with van der Waals surface area (Å²) in [5, 5.41) is 2.72. The molecule has 0 aromatic carbocycles. The van der Waals surface area contributed by atoms with Gasteiger partial charge in [0.1, 0.15) is 0 Å². The van der Waals surface area contributed by atoms with Crippen molar-refractivity contribution in [1.82, 2.24) is 10.0 Å². The second-order valence-corrected chi connectivity index (χ2v) is 6.13. The lowest BCUT2D eigenvalue weighted by Crippen LogP contribution is -2.42. The molecule has 1 aliphatic carbocycles. The van der Waals surface area contributed by atoms with Crippen LogP contribution in [0.3, 0.4) is 0 Å². The van der Waals surface area contributed by atoms with Crippen LogP contribution < -0.4 is 10.0 Å². The summed E-state index contributed by atoms with van der Waals surface area (Å²) in [6.07, 6.45) is 1.19. The number of nitrogens with one attached hydrogen (secondary N) is 2. The topological polar surface area (TPSA) is 84.5 Å². The maximum Gasteiger partial charge on any atom is 0.237 e. The Morgan fingerprint density at radius 3 is 2.75 bits per heavy atom. The van der Waals surface area contributed by atoms with E-state index in [1.807, 2.05) is 0 Å². The van der Waals surface area contributed by atoms with E-state index in [1.54, 1.807) is 0 Å². The lowest BCUT2D eigenvalue weighted by molar-refractivity contribution is -0.122. The fourth-order valence-electron chi connectivity index (χ4n) is 1.62. The Kier molecular flexibility index (Phi) is 3.46. The van der Waals surface area contributed by atoms with Crippen LogP contribution in [-0.4, -0.2) is 45.4 Å². The molecule has 2 aliphatic rings. The highest BCUT2D eigenvalue weighted by Crippen LogP contribution is 2.27. The van der Waals surface area contributed by atoms with E-state index in [-0.39, 0.29) is 17.8 Å². The molecule has 1 heterocycles. The SMILES string of the molecule is O=C(CC1CNCCO1)NS(=O)(=O)C1CC1. The van der Waals surface area contributed by atoms with E-state index in [2.05, 4.69) is 10.0 Å². The van der Waals surface area contributed by atoms with Gasteiger partial charge in [0, 0.05) is 13.1 Å². The van der Waals surface area contributed by atoms with Gasteiger partial charge in [0.05, 0.1) is 24.4 Å². The number of hydrogen-bond donors (Lipinski definition) is 2. The number of carbonyl (C=O) groups excluding carboxylic acids is 1. The molecule has 0 radical (unpaired) electrons. The van der Waals surface area contributed by atoms with Crippen LogP contribution in [0.25, 0.3) is 0 Å². The van der Waals surface area contributed by atoms with Crippen molar-refractivity contribution in [2.75, 3.05) is 19.7 Å². The van der Waals surface area contributed by atoms with Crippen LogP contribution in [0.5, 0.6) is 0 Å². The van der Waals surface area contributed by atoms with E-state index in [4.69, 9.17) is 4.74 Å². The third kappa shape index (κ3) is 3.16. The van der Waals surface area contributed by atoms with Gasteiger partial charge >= 0.3 is 0 Å². The molecule has 2 rings (SSSR count). The van der Waals surface area contributed by atoms with Crippen LogP contribution in [0.15, 0.2) is 0 Å². The third-order valence-electron chi connectivity index (χ3n) is 2.64. The first kappa shape index (κ1) is 11.8. The zero-order valence-electron chi connectivity index (χ0n) is 8.94. The molecule has 1 aliphatic heterocycles. The van der Waals surface area contributed by atoms with Crippen LogP contribution >= 0.6 is 0 Å². The maximum atomic E-state index is 11.5. The van der Waals surface area contributed by atoms with Crippen molar-refractivity contribution in [3.63, 3.8) is 0 Å². The minimum Gasteiger partial charge on any atom is -0.375 e. The van der Waals surface area contributed by atoms with Gasteiger partial charge in [-0.15, -0.1) is 0 Å². The van der Waals surface area contributed by atoms with Crippen molar-refractivity contribution in [3.8, 4) is 0 Å². The van der Waals surface area contributed by atoms with E-state index < -0.39 is 15.9 Å². The minimum absolute atomic E-state index is 0.0962. The minimum atomic E-state index is -3.41. The van der Waals surface area contributed by atoms with Crippen LogP contribution in [0.1, 0.15) is 19.3 Å². The fraction of sp³-hybridized carbons (Fsp3) is 0.889. The fourth-order valence-corrected chi connectivity index (χ4v) is 2.94. The molecule has 1 saturated heterocycles. The number of morpholine rings is 1. The molecule has 2 N–H and O–H groups in total. The summed E-state index contributed by atoms with van der Waals surface area (Å²) in [6, 6.07) is 0. The lowest BCUT2D eigenvalue weighted by Gasteiger charge is -2.22. The van der Waals surface area contributed by atoms with Gasteiger partial charge in [0.15, 0.2) is 0 Å². The first-order valence-electron chi connectivity index (χ1n) is 5.45. The van der Waals surface area contributed by atoms with Crippen molar-refractivity contribution < 1.29 is 17.9 Å². The Hall–Kier alpha value is -0.660. The van der Waals surface area contributed by atoms with Crippen LogP contribution in [-0.2, 0) is 19.6 Å². The standard InChI is InChI=1S/C9H16N2O4S/c12-9(5-7-6-10-3-4-15-7)11-16(13,14)8-1-2-8/h7-8,10H,1-6H2,(H,11,12). The lowest BCUT2D eigenvalue weighted by atomic mass is 10.2. The highest BCUT2D eigenvalue weighted by molar-refractivity contribution is 7.90. The number of sulfonamides is 1. The summed E-state index contributed by atoms with van der Waals surface area (Å²) >= 11 is 0. The van der Waals surface area contributed by atoms with Crippen LogP contribution in [0.4, 0.5) is 0 Å². The summed E-state index contributed by atoms with van der Waals surface area (Å²) in [6.45, 7) is 1.93. The van der Waals surface area contributed by atoms with Gasteiger partial charge in [-0.2, -0.15) is 0 Å². The highest BCUT2D eigenvalue weighted by atomic mass is 32.2. The summed E-state index contributed by atoms with van der Waals surface area (Å²) in [7, 11) is -3.41. The third-order valence-corrected chi connectivity index (χ3v) is 4.50. The molecular formula is C9H16N2O4S. The molecule has 0 aromatic rings. The number of amides is 1. The largest absolute Gasteiger partial charge is 0.375 e. The van der Waals surface area contributed by atoms with Crippen molar-refractivity contribution >= 4 is 15.9 Å². The Balaban J connectivity index is 1.79. The summed E-state index contributed by atoms with van der Waals surface area (Å²) in [5.41, 5.74) is 0. The molecule has 1 unspecified atom stereocenters. The molecule has 0 spiro atoms. The quantitative estimate of drug-likeness (QED) is 0.665. The van der Waals surface area contributed by atoms with Gasteiger partial charge in [-0.25, -0.2) is 8.42 Å². The Bertz CT molecular complexity index is 358. The monoisotopic (exact) mass is 248 g/mol. The number of ether oxygens (including phenoxy) is 1. The number of hydrogen-bond acceptors (Lipinski definition) is 5. The van der Waals surface area contributed by atoms with Crippen LogP contribution in [0.2, 0.25) is 0 Å². The molecular weight excluding hydrogens is 232 g/mol. The van der Waals surface area contributed by atoms with Crippen molar-refractivity contribution in [2.24, 2.45) is 0 Å². The molecule has 7 heteroatoms. The second kappa shape index (κ2) is 4.68. The molecule has 6 nitrogen and oxygen atoms in total. The normalized spacial score (nSPS) is 26.4. The predicted octanol–water partition coefficient (Wildman–Crippen LogP) is -1.03. The average molecular weight is 248 g/mol. The maximum absolute atomic E-state index is 11.5. The zero-order valence-corrected chi connectivity index (χ0v) is 9.76. The molecule has 16 heavy (non-hydrogen) atoms. The molecule has 1 saturated carbocycles. The molecule has 92 valence electrons. The Morgan fingerprint density at radius 1 is 1.44 bits per heavy atom. The van der Waals surface area contributed by atoms with Crippen molar-refractivity contribution in [2.45, 2.75) is 30.6 Å². The Labute approximate surface area is 94.8 Å². The summed E-state index contributed by atoms with van der Waals surface area (Å²) in [4.78, 5) is 11.5. The van der Waals surface area contributed by atoms with Gasteiger partial charge in [-0.3, -0.25) is 9.52 Å².